The molecule has 1 unspecified atom stereocenters. The SMILES string of the molecule is [CH2-]C(=O)CCC(NC(C)=O)C(=O)CCC.[K+]. The Balaban J connectivity index is 0. The minimum Gasteiger partial charge on any atom is -0.347 e. The summed E-state index contributed by atoms with van der Waals surface area (Å²) in [5.74, 6) is -0.482. The van der Waals surface area contributed by atoms with Gasteiger partial charge in [-0.15, -0.1) is 0 Å². The smallest absolute Gasteiger partial charge is 0.347 e. The molecule has 86 valence electrons. The molecule has 0 aromatic heterocycles. The Labute approximate surface area is 139 Å². The van der Waals surface area contributed by atoms with Crippen LogP contribution in [-0.4, -0.2) is 23.5 Å². The third-order valence-electron chi connectivity index (χ3n) is 1.97. The van der Waals surface area contributed by atoms with Crippen LogP contribution in [0.5, 0.6) is 0 Å². The Morgan fingerprint density at radius 3 is 2.19 bits per heavy atom. The normalized spacial score (nSPS) is 11.1. The fraction of sp³-hybridized carbons (Fsp3) is 0.636. The predicted molar refractivity (Wildman–Crippen MR) is 57.1 cm³/mol. The second-order valence-electron chi connectivity index (χ2n) is 3.55. The molecule has 1 atom stereocenters. The van der Waals surface area contributed by atoms with Gasteiger partial charge >= 0.3 is 51.4 Å². The molecule has 1 amide bonds. The third kappa shape index (κ3) is 9.54. The van der Waals surface area contributed by atoms with Crippen LogP contribution in [0.25, 0.3) is 0 Å². The number of Topliss-reactive ketones (excluding diaryl/α,β-unsaturated/α-hetero) is 2. The van der Waals surface area contributed by atoms with Gasteiger partial charge < -0.3 is 17.0 Å². The number of hydrogen-bond donors (Lipinski definition) is 1. The van der Waals surface area contributed by atoms with E-state index in [1.54, 1.807) is 0 Å². The standard InChI is InChI=1S/C11H18NO3.K/c1-4-5-11(15)10(12-9(3)14)7-6-8(2)13;/h10H,2,4-7H2,1,3H3,(H,12,14);/q-1;+1. The minimum atomic E-state index is -0.534. The Hall–Kier alpha value is 0.316. The van der Waals surface area contributed by atoms with Gasteiger partial charge in [-0.3, -0.25) is 9.59 Å². The molecule has 0 saturated heterocycles. The molecular formula is C11H18KNO3. The summed E-state index contributed by atoms with van der Waals surface area (Å²) < 4.78 is 0. The van der Waals surface area contributed by atoms with Gasteiger partial charge in [0.05, 0.1) is 6.04 Å². The first-order valence-corrected chi connectivity index (χ1v) is 5.12. The van der Waals surface area contributed by atoms with Gasteiger partial charge in [-0.2, -0.15) is 0 Å². The quantitative estimate of drug-likeness (QED) is 0.422. The van der Waals surface area contributed by atoms with Crippen LogP contribution in [0.4, 0.5) is 0 Å². The molecule has 0 heterocycles. The molecule has 0 aromatic rings. The second-order valence-corrected chi connectivity index (χ2v) is 3.55. The largest absolute Gasteiger partial charge is 1.00 e. The zero-order valence-corrected chi connectivity index (χ0v) is 13.5. The van der Waals surface area contributed by atoms with E-state index < -0.39 is 6.04 Å². The van der Waals surface area contributed by atoms with Gasteiger partial charge in [-0.25, -0.2) is 0 Å². The summed E-state index contributed by atoms with van der Waals surface area (Å²) in [6.45, 7) is 6.49. The number of amides is 1. The summed E-state index contributed by atoms with van der Waals surface area (Å²) >= 11 is 0. The Kier molecular flexibility index (Phi) is 12.2. The van der Waals surface area contributed by atoms with Crippen LogP contribution in [0, 0.1) is 6.92 Å². The van der Waals surface area contributed by atoms with E-state index in [1.807, 2.05) is 6.92 Å². The number of carbonyl (C=O) groups excluding carboxylic acids is 3. The summed E-state index contributed by atoms with van der Waals surface area (Å²) in [7, 11) is 0. The van der Waals surface area contributed by atoms with Crippen LogP contribution in [0.3, 0.4) is 0 Å². The predicted octanol–water partition coefficient (Wildman–Crippen LogP) is -1.95. The molecule has 0 aliphatic carbocycles. The van der Waals surface area contributed by atoms with E-state index >= 15 is 0 Å². The van der Waals surface area contributed by atoms with Crippen molar-refractivity contribution in [3.63, 3.8) is 0 Å². The second kappa shape index (κ2) is 10.5. The first-order valence-electron chi connectivity index (χ1n) is 5.12. The number of hydrogen-bond acceptors (Lipinski definition) is 3. The monoisotopic (exact) mass is 251 g/mol. The number of ketones is 2. The summed E-state index contributed by atoms with van der Waals surface area (Å²) in [5, 5.41) is 2.55. The van der Waals surface area contributed by atoms with Crippen molar-refractivity contribution in [3.8, 4) is 0 Å². The van der Waals surface area contributed by atoms with Crippen LogP contribution >= 0.6 is 0 Å². The molecule has 0 spiro atoms. The zero-order valence-electron chi connectivity index (χ0n) is 10.3. The van der Waals surface area contributed by atoms with Crippen LogP contribution in [0.1, 0.15) is 39.5 Å². The average molecular weight is 251 g/mol. The molecule has 0 fully saturated rings. The fourth-order valence-corrected chi connectivity index (χ4v) is 1.28. The molecule has 0 bridgehead atoms. The van der Waals surface area contributed by atoms with Gasteiger partial charge in [0, 0.05) is 13.3 Å². The Morgan fingerprint density at radius 2 is 1.81 bits per heavy atom. The van der Waals surface area contributed by atoms with E-state index in [0.29, 0.717) is 12.8 Å². The maximum absolute atomic E-state index is 11.5. The van der Waals surface area contributed by atoms with Crippen LogP contribution in [-0.2, 0) is 14.4 Å². The van der Waals surface area contributed by atoms with E-state index in [9.17, 15) is 14.4 Å². The molecule has 5 heteroatoms. The maximum atomic E-state index is 11.5. The molecule has 0 aromatic carbocycles. The van der Waals surface area contributed by atoms with Gasteiger partial charge in [-0.1, -0.05) is 6.92 Å². The summed E-state index contributed by atoms with van der Waals surface area (Å²) in [5.41, 5.74) is 0. The fourth-order valence-electron chi connectivity index (χ4n) is 1.28. The maximum Gasteiger partial charge on any atom is 1.00 e. The Morgan fingerprint density at radius 1 is 1.25 bits per heavy atom. The molecule has 4 nitrogen and oxygen atoms in total. The van der Waals surface area contributed by atoms with Crippen LogP contribution in [0.15, 0.2) is 0 Å². The Bertz CT molecular complexity index is 254. The summed E-state index contributed by atoms with van der Waals surface area (Å²) in [4.78, 5) is 33.1. The van der Waals surface area contributed by atoms with Crippen LogP contribution in [0.2, 0.25) is 0 Å². The molecule has 1 N–H and O–H groups in total. The van der Waals surface area contributed by atoms with E-state index in [1.165, 1.54) is 6.92 Å². The van der Waals surface area contributed by atoms with E-state index in [2.05, 4.69) is 12.2 Å². The van der Waals surface area contributed by atoms with Gasteiger partial charge in [0.2, 0.25) is 5.91 Å². The zero-order chi connectivity index (χ0) is 11.8. The first kappa shape index (κ1) is 18.7. The summed E-state index contributed by atoms with van der Waals surface area (Å²) in [6, 6.07) is -0.534. The van der Waals surface area contributed by atoms with Gasteiger partial charge in [0.1, 0.15) is 0 Å². The van der Waals surface area contributed by atoms with Gasteiger partial charge in [-0.05, 0) is 25.0 Å². The van der Waals surface area contributed by atoms with Crippen molar-refractivity contribution in [2.45, 2.75) is 45.6 Å². The first-order chi connectivity index (χ1) is 6.97. The van der Waals surface area contributed by atoms with Crippen LogP contribution < -0.4 is 56.7 Å². The van der Waals surface area contributed by atoms with Crippen molar-refractivity contribution in [2.75, 3.05) is 0 Å². The van der Waals surface area contributed by atoms with Crippen molar-refractivity contribution >= 4 is 17.5 Å². The molecular weight excluding hydrogens is 233 g/mol. The number of rotatable bonds is 7. The number of carbonyl (C=O) groups is 3. The van der Waals surface area contributed by atoms with Crippen molar-refractivity contribution < 1.29 is 65.8 Å². The third-order valence-corrected chi connectivity index (χ3v) is 1.97. The van der Waals surface area contributed by atoms with E-state index in [0.717, 1.165) is 6.42 Å². The molecule has 16 heavy (non-hydrogen) atoms. The molecule has 0 aliphatic heterocycles. The topological polar surface area (TPSA) is 63.2 Å². The summed E-state index contributed by atoms with van der Waals surface area (Å²) in [6.07, 6.45) is 1.74. The van der Waals surface area contributed by atoms with Crippen molar-refractivity contribution in [1.29, 1.82) is 0 Å². The van der Waals surface area contributed by atoms with E-state index in [-0.39, 0.29) is 75.3 Å². The van der Waals surface area contributed by atoms with Crippen molar-refractivity contribution in [2.24, 2.45) is 0 Å². The van der Waals surface area contributed by atoms with Crippen molar-refractivity contribution in [3.05, 3.63) is 6.92 Å². The molecule has 0 rings (SSSR count). The minimum absolute atomic E-state index is 0. The average Bonchev–Trinajstić information content (AvgIpc) is 2.11. The van der Waals surface area contributed by atoms with Crippen molar-refractivity contribution in [1.82, 2.24) is 5.32 Å². The molecule has 0 aliphatic rings. The van der Waals surface area contributed by atoms with Gasteiger partial charge in [0.15, 0.2) is 5.78 Å². The molecule has 0 radical (unpaired) electrons. The molecule has 0 saturated carbocycles. The number of nitrogens with one attached hydrogen (secondary N) is 1. The van der Waals surface area contributed by atoms with E-state index in [4.69, 9.17) is 0 Å². The van der Waals surface area contributed by atoms with Gasteiger partial charge in [0.25, 0.3) is 0 Å².